The highest BCUT2D eigenvalue weighted by Gasteiger charge is 2.07. The Morgan fingerprint density at radius 3 is 2.29 bits per heavy atom. The highest BCUT2D eigenvalue weighted by atomic mass is 32.1. The molecule has 0 unspecified atom stereocenters. The largest absolute Gasteiger partial charge is 0.497 e. The summed E-state index contributed by atoms with van der Waals surface area (Å²) >= 11 is 5.24. The molecular weight excluding hydrogens is 282 g/mol. The van der Waals surface area contributed by atoms with Gasteiger partial charge in [-0.3, -0.25) is 4.79 Å². The molecule has 108 valence electrons. The lowest BCUT2D eigenvalue weighted by molar-refractivity contribution is -0.119. The number of ether oxygens (including phenoxy) is 1. The Kier molecular flexibility index (Phi) is 5.06. The minimum absolute atomic E-state index is 0.120. The van der Waals surface area contributed by atoms with Crippen molar-refractivity contribution < 1.29 is 9.53 Å². The monoisotopic (exact) mass is 299 g/mol. The summed E-state index contributed by atoms with van der Waals surface area (Å²) < 4.78 is 5.08. The fourth-order valence-electron chi connectivity index (χ4n) is 1.88. The molecule has 4 heteroatoms. The van der Waals surface area contributed by atoms with Crippen molar-refractivity contribution in [2.24, 2.45) is 0 Å². The summed E-state index contributed by atoms with van der Waals surface area (Å²) in [6, 6.07) is 15.2. The van der Waals surface area contributed by atoms with Crippen LogP contribution in [0.15, 0.2) is 48.5 Å². The van der Waals surface area contributed by atoms with Gasteiger partial charge in [-0.15, -0.1) is 0 Å². The van der Waals surface area contributed by atoms with Crippen LogP contribution in [0, 0.1) is 6.92 Å². The summed E-state index contributed by atoms with van der Waals surface area (Å²) in [5.41, 5.74) is 2.92. The van der Waals surface area contributed by atoms with Crippen LogP contribution in [-0.4, -0.2) is 18.0 Å². The average Bonchev–Trinajstić information content (AvgIpc) is 2.48. The van der Waals surface area contributed by atoms with Crippen LogP contribution in [0.1, 0.15) is 16.7 Å². The molecule has 0 heterocycles. The minimum Gasteiger partial charge on any atom is -0.497 e. The Bertz CT molecular complexity index is 633. The average molecular weight is 299 g/mol. The van der Waals surface area contributed by atoms with Gasteiger partial charge in [-0.05, 0) is 24.6 Å². The number of hydrogen-bond donors (Lipinski definition) is 1. The first-order chi connectivity index (χ1) is 10.1. The number of benzene rings is 2. The van der Waals surface area contributed by atoms with Crippen LogP contribution in [0.3, 0.4) is 0 Å². The van der Waals surface area contributed by atoms with Crippen molar-refractivity contribution in [2.45, 2.75) is 13.3 Å². The first-order valence-corrected chi connectivity index (χ1v) is 7.03. The normalized spacial score (nSPS) is 10.0. The molecule has 0 fully saturated rings. The minimum atomic E-state index is -0.120. The van der Waals surface area contributed by atoms with Crippen molar-refractivity contribution in [2.75, 3.05) is 7.11 Å². The highest BCUT2D eigenvalue weighted by Crippen LogP contribution is 2.11. The van der Waals surface area contributed by atoms with E-state index in [1.54, 1.807) is 7.11 Å². The van der Waals surface area contributed by atoms with Crippen LogP contribution in [0.4, 0.5) is 0 Å². The van der Waals surface area contributed by atoms with Crippen LogP contribution in [0.2, 0.25) is 0 Å². The van der Waals surface area contributed by atoms with Crippen molar-refractivity contribution in [1.29, 1.82) is 0 Å². The Hall–Kier alpha value is -2.20. The molecule has 21 heavy (non-hydrogen) atoms. The van der Waals surface area contributed by atoms with Crippen LogP contribution in [0.25, 0.3) is 0 Å². The summed E-state index contributed by atoms with van der Waals surface area (Å²) in [7, 11) is 1.61. The number of carbonyl (C=O) groups is 1. The van der Waals surface area contributed by atoms with Crippen molar-refractivity contribution in [3.8, 4) is 5.75 Å². The zero-order valence-electron chi connectivity index (χ0n) is 12.1. The van der Waals surface area contributed by atoms with Gasteiger partial charge >= 0.3 is 0 Å². The first-order valence-electron chi connectivity index (χ1n) is 6.62. The molecule has 0 aliphatic heterocycles. The van der Waals surface area contributed by atoms with E-state index in [9.17, 15) is 4.79 Å². The van der Waals surface area contributed by atoms with E-state index in [2.05, 4.69) is 5.32 Å². The van der Waals surface area contributed by atoms with E-state index in [0.29, 0.717) is 4.99 Å². The standard InChI is InChI=1S/C17H17NO2S/c1-12-3-7-14(8-4-12)17(21)18-16(19)11-13-5-9-15(20-2)10-6-13/h3-10H,11H2,1-2H3,(H,18,19,21). The lowest BCUT2D eigenvalue weighted by atomic mass is 10.1. The van der Waals surface area contributed by atoms with E-state index in [1.165, 1.54) is 0 Å². The summed E-state index contributed by atoms with van der Waals surface area (Å²) in [5.74, 6) is 0.653. The molecular formula is C17H17NO2S. The van der Waals surface area contributed by atoms with Gasteiger partial charge < -0.3 is 10.1 Å². The number of carbonyl (C=O) groups excluding carboxylic acids is 1. The van der Waals surface area contributed by atoms with Crippen LogP contribution < -0.4 is 10.1 Å². The van der Waals surface area contributed by atoms with Gasteiger partial charge in [0.1, 0.15) is 10.7 Å². The first kappa shape index (κ1) is 15.2. The maximum Gasteiger partial charge on any atom is 0.229 e. The van der Waals surface area contributed by atoms with E-state index in [0.717, 1.165) is 22.4 Å². The maximum atomic E-state index is 12.0. The topological polar surface area (TPSA) is 38.3 Å². The van der Waals surface area contributed by atoms with E-state index in [4.69, 9.17) is 17.0 Å². The number of aryl methyl sites for hydroxylation is 1. The number of nitrogens with one attached hydrogen (secondary N) is 1. The molecule has 0 saturated heterocycles. The van der Waals surface area contributed by atoms with Crippen LogP contribution in [-0.2, 0) is 11.2 Å². The zero-order chi connectivity index (χ0) is 15.2. The molecule has 0 saturated carbocycles. The van der Waals surface area contributed by atoms with Crippen LogP contribution >= 0.6 is 12.2 Å². The Morgan fingerprint density at radius 2 is 1.71 bits per heavy atom. The quantitative estimate of drug-likeness (QED) is 0.882. The number of methoxy groups -OCH3 is 1. The number of thiocarbonyl (C=S) groups is 1. The molecule has 2 rings (SSSR count). The predicted octanol–water partition coefficient (Wildman–Crippen LogP) is 3.04. The number of rotatable bonds is 4. The molecule has 3 nitrogen and oxygen atoms in total. The van der Waals surface area contributed by atoms with Crippen molar-refractivity contribution in [3.63, 3.8) is 0 Å². The predicted molar refractivity (Wildman–Crippen MR) is 87.7 cm³/mol. The maximum absolute atomic E-state index is 12.0. The Balaban J connectivity index is 1.94. The van der Waals surface area contributed by atoms with E-state index in [1.807, 2.05) is 55.5 Å². The van der Waals surface area contributed by atoms with Gasteiger partial charge in [-0.25, -0.2) is 0 Å². The molecule has 2 aromatic carbocycles. The van der Waals surface area contributed by atoms with Crippen LogP contribution in [0.5, 0.6) is 5.75 Å². The lowest BCUT2D eigenvalue weighted by Crippen LogP contribution is -2.30. The van der Waals surface area contributed by atoms with E-state index in [-0.39, 0.29) is 12.3 Å². The van der Waals surface area contributed by atoms with Gasteiger partial charge in [0.2, 0.25) is 5.91 Å². The molecule has 0 aromatic heterocycles. The van der Waals surface area contributed by atoms with E-state index < -0.39 is 0 Å². The molecule has 0 spiro atoms. The molecule has 1 N–H and O–H groups in total. The smallest absolute Gasteiger partial charge is 0.229 e. The second kappa shape index (κ2) is 6.99. The van der Waals surface area contributed by atoms with Gasteiger partial charge in [-0.1, -0.05) is 54.2 Å². The van der Waals surface area contributed by atoms with Gasteiger partial charge in [0, 0.05) is 5.56 Å². The van der Waals surface area contributed by atoms with Gasteiger partial charge in [0.25, 0.3) is 0 Å². The molecule has 0 radical (unpaired) electrons. The Labute approximate surface area is 129 Å². The van der Waals surface area contributed by atoms with Gasteiger partial charge in [0.15, 0.2) is 0 Å². The molecule has 0 atom stereocenters. The summed E-state index contributed by atoms with van der Waals surface area (Å²) in [4.78, 5) is 12.4. The molecule has 0 aliphatic rings. The van der Waals surface area contributed by atoms with E-state index >= 15 is 0 Å². The highest BCUT2D eigenvalue weighted by molar-refractivity contribution is 7.80. The zero-order valence-corrected chi connectivity index (χ0v) is 12.9. The fraction of sp³-hybridized carbons (Fsp3) is 0.176. The summed E-state index contributed by atoms with van der Waals surface area (Å²) in [5, 5.41) is 2.75. The third-order valence-corrected chi connectivity index (χ3v) is 3.43. The van der Waals surface area contributed by atoms with Gasteiger partial charge in [-0.2, -0.15) is 0 Å². The second-order valence-corrected chi connectivity index (χ2v) is 5.18. The molecule has 0 bridgehead atoms. The SMILES string of the molecule is COc1ccc(CC(=O)NC(=S)c2ccc(C)cc2)cc1. The molecule has 1 amide bonds. The van der Waals surface area contributed by atoms with Gasteiger partial charge in [0.05, 0.1) is 13.5 Å². The summed E-state index contributed by atoms with van der Waals surface area (Å²) in [6.45, 7) is 2.01. The summed E-state index contributed by atoms with van der Waals surface area (Å²) in [6.07, 6.45) is 0.288. The second-order valence-electron chi connectivity index (χ2n) is 4.77. The fourth-order valence-corrected chi connectivity index (χ4v) is 2.13. The molecule has 2 aromatic rings. The lowest BCUT2D eigenvalue weighted by Gasteiger charge is -2.08. The van der Waals surface area contributed by atoms with Crippen molar-refractivity contribution in [3.05, 3.63) is 65.2 Å². The number of amides is 1. The van der Waals surface area contributed by atoms with Crippen molar-refractivity contribution >= 4 is 23.1 Å². The molecule has 0 aliphatic carbocycles. The third-order valence-electron chi connectivity index (χ3n) is 3.09. The number of hydrogen-bond acceptors (Lipinski definition) is 3. The Morgan fingerprint density at radius 1 is 1.10 bits per heavy atom. The van der Waals surface area contributed by atoms with Crippen molar-refractivity contribution in [1.82, 2.24) is 5.32 Å². The third kappa shape index (κ3) is 4.39.